The molecule has 130 valence electrons. The normalized spacial score (nSPS) is 34.8. The Kier molecular flexibility index (Phi) is 7.70. The lowest BCUT2D eigenvalue weighted by Gasteiger charge is -2.34. The van der Waals surface area contributed by atoms with Crippen LogP contribution in [-0.2, 0) is 0 Å². The Morgan fingerprint density at radius 1 is 0.773 bits per heavy atom. The first-order valence-corrected chi connectivity index (χ1v) is 10.0. The van der Waals surface area contributed by atoms with Crippen LogP contribution in [0.2, 0.25) is 0 Å². The average Bonchev–Trinajstić information content (AvgIpc) is 2.55. The molecule has 22 heavy (non-hydrogen) atoms. The Morgan fingerprint density at radius 3 is 1.86 bits per heavy atom. The van der Waals surface area contributed by atoms with Crippen molar-refractivity contribution in [3.05, 3.63) is 0 Å². The van der Waals surface area contributed by atoms with Gasteiger partial charge in [0.25, 0.3) is 0 Å². The molecule has 0 radical (unpaired) electrons. The molecular weight excluding hydrogens is 268 g/mol. The highest BCUT2D eigenvalue weighted by atomic mass is 14.9. The van der Waals surface area contributed by atoms with Crippen molar-refractivity contribution < 1.29 is 0 Å². The summed E-state index contributed by atoms with van der Waals surface area (Å²) in [5.74, 6) is 3.74. The zero-order chi connectivity index (χ0) is 15.9. The van der Waals surface area contributed by atoms with E-state index in [9.17, 15) is 0 Å². The third-order valence-corrected chi connectivity index (χ3v) is 6.73. The van der Waals surface area contributed by atoms with Crippen molar-refractivity contribution in [1.82, 2.24) is 10.6 Å². The fraction of sp³-hybridized carbons (Fsp3) is 1.00. The second-order valence-corrected chi connectivity index (χ2v) is 8.48. The Bertz CT molecular complexity index is 286. The fourth-order valence-electron chi connectivity index (χ4n) is 4.72. The van der Waals surface area contributed by atoms with Crippen molar-refractivity contribution in [1.29, 1.82) is 0 Å². The van der Waals surface area contributed by atoms with Crippen molar-refractivity contribution in [2.75, 3.05) is 13.6 Å². The van der Waals surface area contributed by atoms with Gasteiger partial charge in [-0.15, -0.1) is 0 Å². The summed E-state index contributed by atoms with van der Waals surface area (Å²) < 4.78 is 0. The summed E-state index contributed by atoms with van der Waals surface area (Å²) in [4.78, 5) is 0. The molecule has 0 aromatic carbocycles. The molecular formula is C20H40N2. The van der Waals surface area contributed by atoms with Gasteiger partial charge in [-0.3, -0.25) is 0 Å². The van der Waals surface area contributed by atoms with Gasteiger partial charge in [-0.25, -0.2) is 0 Å². The highest BCUT2D eigenvalue weighted by Crippen LogP contribution is 2.32. The molecule has 0 heterocycles. The van der Waals surface area contributed by atoms with Crippen LogP contribution in [0.1, 0.15) is 78.6 Å². The van der Waals surface area contributed by atoms with E-state index in [-0.39, 0.29) is 0 Å². The first-order valence-electron chi connectivity index (χ1n) is 10.0. The molecule has 2 heteroatoms. The first kappa shape index (κ1) is 18.3. The van der Waals surface area contributed by atoms with Crippen LogP contribution in [0, 0.1) is 23.7 Å². The van der Waals surface area contributed by atoms with Gasteiger partial charge in [0.1, 0.15) is 0 Å². The number of nitrogens with one attached hydrogen (secondary N) is 2. The fourth-order valence-corrected chi connectivity index (χ4v) is 4.72. The van der Waals surface area contributed by atoms with Crippen LogP contribution < -0.4 is 10.6 Å². The lowest BCUT2D eigenvalue weighted by Crippen LogP contribution is -2.36. The van der Waals surface area contributed by atoms with E-state index < -0.39 is 0 Å². The monoisotopic (exact) mass is 308 g/mol. The summed E-state index contributed by atoms with van der Waals surface area (Å²) in [6.07, 6.45) is 12.7. The quantitative estimate of drug-likeness (QED) is 0.718. The molecule has 1 atom stereocenters. The first-order chi connectivity index (χ1) is 10.6. The van der Waals surface area contributed by atoms with E-state index in [2.05, 4.69) is 38.5 Å². The van der Waals surface area contributed by atoms with Gasteiger partial charge in [-0.05, 0) is 95.1 Å². The molecule has 0 bridgehead atoms. The summed E-state index contributed by atoms with van der Waals surface area (Å²) in [7, 11) is 2.12. The van der Waals surface area contributed by atoms with Gasteiger partial charge in [0.05, 0.1) is 0 Å². The number of rotatable bonds is 7. The van der Waals surface area contributed by atoms with Crippen LogP contribution in [-0.4, -0.2) is 25.7 Å². The summed E-state index contributed by atoms with van der Waals surface area (Å²) in [5, 5.41) is 7.31. The maximum absolute atomic E-state index is 3.86. The summed E-state index contributed by atoms with van der Waals surface area (Å²) >= 11 is 0. The van der Waals surface area contributed by atoms with Crippen LogP contribution in [0.25, 0.3) is 0 Å². The lowest BCUT2D eigenvalue weighted by atomic mass is 9.77. The molecule has 2 N–H and O–H groups in total. The second-order valence-electron chi connectivity index (χ2n) is 8.48. The van der Waals surface area contributed by atoms with E-state index in [0.29, 0.717) is 0 Å². The van der Waals surface area contributed by atoms with Gasteiger partial charge < -0.3 is 10.6 Å². The summed E-state index contributed by atoms with van der Waals surface area (Å²) in [5.41, 5.74) is 0. The molecule has 1 unspecified atom stereocenters. The summed E-state index contributed by atoms with van der Waals surface area (Å²) in [6.45, 7) is 8.51. The van der Waals surface area contributed by atoms with Crippen LogP contribution >= 0.6 is 0 Å². The maximum atomic E-state index is 3.86. The van der Waals surface area contributed by atoms with Crippen molar-refractivity contribution in [3.8, 4) is 0 Å². The standard InChI is InChI=1S/C20H40N2/c1-15(2)17-5-11-20(12-6-17)22-14-13-16(3)18-7-9-19(21-4)10-8-18/h15-22H,5-14H2,1-4H3. The van der Waals surface area contributed by atoms with Crippen molar-refractivity contribution in [2.24, 2.45) is 23.7 Å². The molecule has 2 nitrogen and oxygen atoms in total. The third kappa shape index (κ3) is 5.53. The van der Waals surface area contributed by atoms with Gasteiger partial charge in [0.2, 0.25) is 0 Å². The largest absolute Gasteiger partial charge is 0.317 e. The minimum atomic E-state index is 0.790. The molecule has 2 rings (SSSR count). The van der Waals surface area contributed by atoms with Gasteiger partial charge >= 0.3 is 0 Å². The Morgan fingerprint density at radius 2 is 1.32 bits per heavy atom. The molecule has 2 aliphatic carbocycles. The number of hydrogen-bond donors (Lipinski definition) is 2. The lowest BCUT2D eigenvalue weighted by molar-refractivity contribution is 0.211. The van der Waals surface area contributed by atoms with Crippen LogP contribution in [0.15, 0.2) is 0 Å². The van der Waals surface area contributed by atoms with E-state index in [1.165, 1.54) is 64.3 Å². The van der Waals surface area contributed by atoms with Crippen molar-refractivity contribution in [3.63, 3.8) is 0 Å². The van der Waals surface area contributed by atoms with Crippen LogP contribution in [0.5, 0.6) is 0 Å². The van der Waals surface area contributed by atoms with Gasteiger partial charge in [0, 0.05) is 12.1 Å². The molecule has 0 saturated heterocycles. The van der Waals surface area contributed by atoms with E-state index in [0.717, 1.165) is 35.8 Å². The Labute approximate surface area is 139 Å². The number of hydrogen-bond acceptors (Lipinski definition) is 2. The molecule has 0 spiro atoms. The van der Waals surface area contributed by atoms with E-state index >= 15 is 0 Å². The topological polar surface area (TPSA) is 24.1 Å². The Balaban J connectivity index is 1.57. The van der Waals surface area contributed by atoms with Crippen molar-refractivity contribution >= 4 is 0 Å². The van der Waals surface area contributed by atoms with Gasteiger partial charge in [-0.1, -0.05) is 20.8 Å². The zero-order valence-electron chi connectivity index (χ0n) is 15.5. The van der Waals surface area contributed by atoms with Gasteiger partial charge in [0.15, 0.2) is 0 Å². The Hall–Kier alpha value is -0.0800. The predicted octanol–water partition coefficient (Wildman–Crippen LogP) is 4.60. The van der Waals surface area contributed by atoms with E-state index in [4.69, 9.17) is 0 Å². The second kappa shape index (κ2) is 9.27. The molecule has 2 aliphatic rings. The third-order valence-electron chi connectivity index (χ3n) is 6.73. The molecule has 2 saturated carbocycles. The highest BCUT2D eigenvalue weighted by molar-refractivity contribution is 4.81. The molecule has 0 aromatic rings. The molecule has 0 amide bonds. The molecule has 0 aliphatic heterocycles. The van der Waals surface area contributed by atoms with Crippen LogP contribution in [0.3, 0.4) is 0 Å². The smallest absolute Gasteiger partial charge is 0.00672 e. The highest BCUT2D eigenvalue weighted by Gasteiger charge is 2.25. The average molecular weight is 309 g/mol. The zero-order valence-corrected chi connectivity index (χ0v) is 15.5. The minimum absolute atomic E-state index is 0.790. The molecule has 2 fully saturated rings. The van der Waals surface area contributed by atoms with E-state index in [1.807, 2.05) is 0 Å². The minimum Gasteiger partial charge on any atom is -0.317 e. The van der Waals surface area contributed by atoms with E-state index in [1.54, 1.807) is 0 Å². The SMILES string of the molecule is CNC1CCC(C(C)CCNC2CCC(C(C)C)CC2)CC1. The predicted molar refractivity (Wildman–Crippen MR) is 97.2 cm³/mol. The van der Waals surface area contributed by atoms with Crippen molar-refractivity contribution in [2.45, 2.75) is 90.6 Å². The van der Waals surface area contributed by atoms with Crippen LogP contribution in [0.4, 0.5) is 0 Å². The maximum Gasteiger partial charge on any atom is 0.00672 e. The van der Waals surface area contributed by atoms with Gasteiger partial charge in [-0.2, -0.15) is 0 Å². The summed E-state index contributed by atoms with van der Waals surface area (Å²) in [6, 6.07) is 1.60. The molecule has 0 aromatic heterocycles.